The predicted octanol–water partition coefficient (Wildman–Crippen LogP) is 7.35. The van der Waals surface area contributed by atoms with E-state index in [9.17, 15) is 0 Å². The molecule has 3 heterocycles. The molecule has 0 bridgehead atoms. The fraction of sp³-hybridized carbons (Fsp3) is 0.323. The molecule has 0 aliphatic carbocycles. The van der Waals surface area contributed by atoms with Crippen LogP contribution in [-0.4, -0.2) is 27.5 Å². The van der Waals surface area contributed by atoms with Crippen molar-refractivity contribution in [1.29, 1.82) is 0 Å². The van der Waals surface area contributed by atoms with E-state index in [0.717, 1.165) is 37.5 Å². The van der Waals surface area contributed by atoms with Crippen molar-refractivity contribution in [3.05, 3.63) is 108 Å². The number of fused-ring (bicyclic) bond motifs is 1. The van der Waals surface area contributed by atoms with Gasteiger partial charge in [0, 0.05) is 36.6 Å². The Labute approximate surface area is 210 Å². The Kier molecular flexibility index (Phi) is 8.38. The standard InChI is InChI=1S/C29H32N4.C2H6/c1-3-30-28-10-8-24(9-11-28)21-33-17-14-26-18-27(19-31-29(26)33)25-12-15-32(16-13-25)20-23-6-4-22(2)5-7-23;1-2/h3-11,14,17-19,25,30H,1,12-13,15-16,20-21H2,2H3;1-2H3. The van der Waals surface area contributed by atoms with Crippen LogP contribution < -0.4 is 5.32 Å². The molecule has 4 aromatic rings. The molecule has 2 aromatic carbocycles. The Hall–Kier alpha value is -3.37. The molecule has 4 nitrogen and oxygen atoms in total. The average molecular weight is 467 g/mol. The number of nitrogens with zero attached hydrogens (tertiary/aromatic N) is 3. The molecule has 0 amide bonds. The SMILES string of the molecule is C=CNc1ccc(Cn2ccc3cc(C4CCN(Cc5ccc(C)cc5)CC4)cnc32)cc1.CC. The molecule has 0 saturated carbocycles. The third kappa shape index (κ3) is 6.20. The lowest BCUT2D eigenvalue weighted by molar-refractivity contribution is 0.204. The minimum atomic E-state index is 0.601. The van der Waals surface area contributed by atoms with E-state index in [1.807, 2.05) is 13.8 Å². The van der Waals surface area contributed by atoms with E-state index in [-0.39, 0.29) is 0 Å². The van der Waals surface area contributed by atoms with Crippen LogP contribution in [0.1, 0.15) is 54.9 Å². The van der Waals surface area contributed by atoms with Gasteiger partial charge in [-0.3, -0.25) is 4.90 Å². The van der Waals surface area contributed by atoms with Gasteiger partial charge < -0.3 is 9.88 Å². The molecule has 0 unspecified atom stereocenters. The number of piperidine rings is 1. The zero-order chi connectivity index (χ0) is 24.6. The molecule has 1 aliphatic rings. The molecule has 2 aromatic heterocycles. The molecule has 4 heteroatoms. The second kappa shape index (κ2) is 11.9. The summed E-state index contributed by atoms with van der Waals surface area (Å²) in [5, 5.41) is 4.35. The topological polar surface area (TPSA) is 33.1 Å². The number of hydrogen-bond acceptors (Lipinski definition) is 3. The molecule has 182 valence electrons. The number of aromatic nitrogens is 2. The molecule has 1 N–H and O–H groups in total. The van der Waals surface area contributed by atoms with Gasteiger partial charge in [0.15, 0.2) is 0 Å². The first-order valence-corrected chi connectivity index (χ1v) is 12.9. The van der Waals surface area contributed by atoms with E-state index < -0.39 is 0 Å². The zero-order valence-corrected chi connectivity index (χ0v) is 21.4. The van der Waals surface area contributed by atoms with Crippen molar-refractivity contribution in [3.63, 3.8) is 0 Å². The average Bonchev–Trinajstić information content (AvgIpc) is 3.30. The van der Waals surface area contributed by atoms with Gasteiger partial charge in [-0.15, -0.1) is 0 Å². The van der Waals surface area contributed by atoms with Crippen LogP contribution in [0.2, 0.25) is 0 Å². The number of benzene rings is 2. The number of hydrogen-bond donors (Lipinski definition) is 1. The highest BCUT2D eigenvalue weighted by Gasteiger charge is 2.21. The number of likely N-dealkylation sites (tertiary alicyclic amines) is 1. The first kappa shape index (κ1) is 24.7. The molecule has 0 atom stereocenters. The highest BCUT2D eigenvalue weighted by molar-refractivity contribution is 5.77. The van der Waals surface area contributed by atoms with Gasteiger partial charge >= 0.3 is 0 Å². The molecule has 1 fully saturated rings. The van der Waals surface area contributed by atoms with E-state index in [0.29, 0.717) is 5.92 Å². The van der Waals surface area contributed by atoms with Gasteiger partial charge in [0.05, 0.1) is 0 Å². The van der Waals surface area contributed by atoms with Crippen molar-refractivity contribution in [2.24, 2.45) is 0 Å². The lowest BCUT2D eigenvalue weighted by Crippen LogP contribution is -2.32. The highest BCUT2D eigenvalue weighted by Crippen LogP contribution is 2.30. The maximum Gasteiger partial charge on any atom is 0.140 e. The molecule has 1 saturated heterocycles. The van der Waals surface area contributed by atoms with Crippen LogP contribution in [0.25, 0.3) is 11.0 Å². The molecular weight excluding hydrogens is 428 g/mol. The molecule has 5 rings (SSSR count). The van der Waals surface area contributed by atoms with E-state index >= 15 is 0 Å². The number of pyridine rings is 1. The molecule has 35 heavy (non-hydrogen) atoms. The molecule has 0 radical (unpaired) electrons. The van der Waals surface area contributed by atoms with Crippen LogP contribution in [0.15, 0.2) is 85.8 Å². The highest BCUT2D eigenvalue weighted by atomic mass is 15.1. The van der Waals surface area contributed by atoms with Crippen molar-refractivity contribution >= 4 is 16.7 Å². The lowest BCUT2D eigenvalue weighted by atomic mass is 9.90. The summed E-state index contributed by atoms with van der Waals surface area (Å²) in [5.41, 5.74) is 7.50. The second-order valence-electron chi connectivity index (χ2n) is 9.21. The number of nitrogens with one attached hydrogen (secondary N) is 1. The minimum absolute atomic E-state index is 0.601. The Balaban J connectivity index is 0.00000141. The molecular formula is C31H38N4. The number of aryl methyl sites for hydroxylation is 1. The van der Waals surface area contributed by atoms with E-state index in [1.54, 1.807) is 6.20 Å². The van der Waals surface area contributed by atoms with Crippen molar-refractivity contribution < 1.29 is 0 Å². The van der Waals surface area contributed by atoms with Crippen molar-refractivity contribution in [2.75, 3.05) is 18.4 Å². The van der Waals surface area contributed by atoms with Gasteiger partial charge in [0.1, 0.15) is 5.65 Å². The number of anilines is 1. The van der Waals surface area contributed by atoms with Gasteiger partial charge in [0.25, 0.3) is 0 Å². The molecule has 1 aliphatic heterocycles. The van der Waals surface area contributed by atoms with E-state index in [1.165, 1.54) is 40.5 Å². The summed E-state index contributed by atoms with van der Waals surface area (Å²) in [6, 6.07) is 22.0. The van der Waals surface area contributed by atoms with Crippen LogP contribution in [0.5, 0.6) is 0 Å². The van der Waals surface area contributed by atoms with E-state index in [2.05, 4.69) is 101 Å². The smallest absolute Gasteiger partial charge is 0.140 e. The van der Waals surface area contributed by atoms with E-state index in [4.69, 9.17) is 4.98 Å². The third-order valence-electron chi connectivity index (χ3n) is 6.78. The van der Waals surface area contributed by atoms with Gasteiger partial charge in [-0.1, -0.05) is 62.4 Å². The van der Waals surface area contributed by atoms with Crippen LogP contribution in [0.4, 0.5) is 5.69 Å². The largest absolute Gasteiger partial charge is 0.362 e. The Morgan fingerprint density at radius 1 is 0.943 bits per heavy atom. The first-order chi connectivity index (χ1) is 17.2. The maximum atomic E-state index is 4.88. The minimum Gasteiger partial charge on any atom is -0.362 e. The first-order valence-electron chi connectivity index (χ1n) is 12.9. The number of rotatable bonds is 7. The van der Waals surface area contributed by atoms with Crippen LogP contribution in [0.3, 0.4) is 0 Å². The van der Waals surface area contributed by atoms with Crippen LogP contribution in [0, 0.1) is 6.92 Å². The second-order valence-corrected chi connectivity index (χ2v) is 9.21. The van der Waals surface area contributed by atoms with Crippen LogP contribution in [-0.2, 0) is 13.1 Å². The quantitative estimate of drug-likeness (QED) is 0.309. The normalized spacial score (nSPS) is 14.4. The summed E-state index contributed by atoms with van der Waals surface area (Å²) in [7, 11) is 0. The van der Waals surface area contributed by atoms with Crippen molar-refractivity contribution in [1.82, 2.24) is 14.5 Å². The molecule has 0 spiro atoms. The summed E-state index contributed by atoms with van der Waals surface area (Å²) in [4.78, 5) is 7.46. The van der Waals surface area contributed by atoms with Gasteiger partial charge in [-0.05, 0) is 85.9 Å². The Bertz CT molecular complexity index is 1210. The summed E-state index contributed by atoms with van der Waals surface area (Å²) >= 11 is 0. The third-order valence-corrected chi connectivity index (χ3v) is 6.78. The fourth-order valence-corrected chi connectivity index (χ4v) is 4.84. The van der Waals surface area contributed by atoms with Crippen molar-refractivity contribution in [2.45, 2.75) is 52.6 Å². The van der Waals surface area contributed by atoms with Gasteiger partial charge in [-0.2, -0.15) is 0 Å². The summed E-state index contributed by atoms with van der Waals surface area (Å²) in [6.45, 7) is 14.0. The lowest BCUT2D eigenvalue weighted by Gasteiger charge is -2.32. The van der Waals surface area contributed by atoms with Crippen molar-refractivity contribution in [3.8, 4) is 0 Å². The Morgan fingerprint density at radius 2 is 1.60 bits per heavy atom. The van der Waals surface area contributed by atoms with Crippen LogP contribution >= 0.6 is 0 Å². The Morgan fingerprint density at radius 3 is 2.29 bits per heavy atom. The fourth-order valence-electron chi connectivity index (χ4n) is 4.84. The monoisotopic (exact) mass is 466 g/mol. The van der Waals surface area contributed by atoms with Gasteiger partial charge in [-0.25, -0.2) is 4.98 Å². The summed E-state index contributed by atoms with van der Waals surface area (Å²) in [5.74, 6) is 0.601. The summed E-state index contributed by atoms with van der Waals surface area (Å²) in [6.07, 6.45) is 8.36. The van der Waals surface area contributed by atoms with Gasteiger partial charge in [0.2, 0.25) is 0 Å². The summed E-state index contributed by atoms with van der Waals surface area (Å²) < 4.78 is 2.24. The maximum absolute atomic E-state index is 4.88. The zero-order valence-electron chi connectivity index (χ0n) is 21.4. The predicted molar refractivity (Wildman–Crippen MR) is 149 cm³/mol.